The number of aromatic nitrogens is 1. The Morgan fingerprint density at radius 2 is 2.53 bits per heavy atom. The summed E-state index contributed by atoms with van der Waals surface area (Å²) in [4.78, 5) is 17.2. The molecule has 2 rings (SSSR count). The van der Waals surface area contributed by atoms with Crippen LogP contribution in [-0.4, -0.2) is 35.6 Å². The van der Waals surface area contributed by atoms with E-state index in [9.17, 15) is 4.79 Å². The highest BCUT2D eigenvalue weighted by molar-refractivity contribution is 7.17. The van der Waals surface area contributed by atoms with E-state index in [0.717, 1.165) is 24.5 Å². The van der Waals surface area contributed by atoms with E-state index < -0.39 is 0 Å². The summed E-state index contributed by atoms with van der Waals surface area (Å²) in [6.45, 7) is 0.987. The van der Waals surface area contributed by atoms with E-state index in [1.54, 1.807) is 0 Å². The van der Waals surface area contributed by atoms with Gasteiger partial charge in [-0.3, -0.25) is 4.79 Å². The Labute approximate surface area is 96.5 Å². The number of nitrogens with zero attached hydrogens (tertiary/aromatic N) is 2. The third-order valence-electron chi connectivity index (χ3n) is 2.54. The summed E-state index contributed by atoms with van der Waals surface area (Å²) in [5, 5.41) is 10.2. The number of aliphatic hydroxyl groups is 1. The third-order valence-corrected chi connectivity index (χ3v) is 3.96. The average Bonchev–Trinajstić information content (AvgIpc) is 2.82. The highest BCUT2D eigenvalue weighted by Gasteiger charge is 2.27. The van der Waals surface area contributed by atoms with Crippen LogP contribution in [0.25, 0.3) is 0 Å². The molecule has 1 aromatic heterocycles. The molecule has 0 aliphatic carbocycles. The summed E-state index contributed by atoms with van der Waals surface area (Å²) >= 11 is 7.07. The first kappa shape index (κ1) is 10.9. The van der Waals surface area contributed by atoms with Crippen molar-refractivity contribution in [3.63, 3.8) is 0 Å². The molecule has 82 valence electrons. The lowest BCUT2D eigenvalue weighted by Crippen LogP contribution is -2.31. The van der Waals surface area contributed by atoms with Crippen molar-refractivity contribution in [3.05, 3.63) is 10.0 Å². The van der Waals surface area contributed by atoms with Crippen molar-refractivity contribution in [3.8, 4) is 0 Å². The number of aliphatic hydroxyl groups excluding tert-OH is 1. The molecule has 2 heterocycles. The summed E-state index contributed by atoms with van der Waals surface area (Å²) in [5.41, 5.74) is 0. The molecule has 15 heavy (non-hydrogen) atoms. The Morgan fingerprint density at radius 3 is 3.13 bits per heavy atom. The van der Waals surface area contributed by atoms with Crippen molar-refractivity contribution in [2.75, 3.05) is 18.1 Å². The van der Waals surface area contributed by atoms with Gasteiger partial charge in [-0.25, -0.2) is 4.98 Å². The van der Waals surface area contributed by atoms with Crippen LogP contribution in [0.2, 0.25) is 5.15 Å². The van der Waals surface area contributed by atoms with Crippen molar-refractivity contribution < 1.29 is 9.90 Å². The molecule has 0 bridgehead atoms. The monoisotopic (exact) mass is 246 g/mol. The summed E-state index contributed by atoms with van der Waals surface area (Å²) < 4.78 is 0. The topological polar surface area (TPSA) is 53.4 Å². The summed E-state index contributed by atoms with van der Waals surface area (Å²) in [5.74, 6) is 0. The van der Waals surface area contributed by atoms with E-state index in [2.05, 4.69) is 4.98 Å². The lowest BCUT2D eigenvalue weighted by molar-refractivity contribution is 0.112. The van der Waals surface area contributed by atoms with Gasteiger partial charge in [-0.05, 0) is 12.8 Å². The van der Waals surface area contributed by atoms with E-state index in [0.29, 0.717) is 11.2 Å². The van der Waals surface area contributed by atoms with Crippen LogP contribution in [0, 0.1) is 0 Å². The van der Waals surface area contributed by atoms with Crippen LogP contribution in [0.1, 0.15) is 22.5 Å². The molecular weight excluding hydrogens is 236 g/mol. The van der Waals surface area contributed by atoms with Gasteiger partial charge in [0.2, 0.25) is 0 Å². The standard InChI is InChI=1S/C9H11ClN2O2S/c10-8-7(5-14)15-9(11-8)12-3-1-2-6(12)4-13/h5-6,13H,1-4H2/t6-/m1/s1. The van der Waals surface area contributed by atoms with Gasteiger partial charge in [-0.15, -0.1) is 0 Å². The first-order valence-corrected chi connectivity index (χ1v) is 5.94. The number of hydrogen-bond donors (Lipinski definition) is 1. The number of thiazole rings is 1. The molecule has 1 atom stereocenters. The second-order valence-corrected chi connectivity index (χ2v) is 4.81. The molecule has 0 saturated carbocycles. The van der Waals surface area contributed by atoms with E-state index in [1.807, 2.05) is 4.90 Å². The smallest absolute Gasteiger partial charge is 0.187 e. The molecule has 1 aliphatic heterocycles. The van der Waals surface area contributed by atoms with Crippen LogP contribution in [0.15, 0.2) is 0 Å². The van der Waals surface area contributed by atoms with Gasteiger partial charge in [-0.1, -0.05) is 22.9 Å². The lowest BCUT2D eigenvalue weighted by Gasteiger charge is -2.21. The molecule has 0 amide bonds. The number of hydrogen-bond acceptors (Lipinski definition) is 5. The van der Waals surface area contributed by atoms with Crippen molar-refractivity contribution in [2.24, 2.45) is 0 Å². The zero-order valence-corrected chi connectivity index (χ0v) is 9.59. The van der Waals surface area contributed by atoms with Crippen LogP contribution >= 0.6 is 22.9 Å². The van der Waals surface area contributed by atoms with Crippen LogP contribution in [0.5, 0.6) is 0 Å². The quantitative estimate of drug-likeness (QED) is 0.823. The molecule has 1 aromatic rings. The number of carbonyl (C=O) groups is 1. The molecule has 0 unspecified atom stereocenters. The van der Waals surface area contributed by atoms with Gasteiger partial charge < -0.3 is 10.0 Å². The first-order valence-electron chi connectivity index (χ1n) is 4.75. The maximum Gasteiger partial charge on any atom is 0.187 e. The largest absolute Gasteiger partial charge is 0.394 e. The molecule has 4 nitrogen and oxygen atoms in total. The second kappa shape index (κ2) is 4.47. The zero-order chi connectivity index (χ0) is 10.8. The zero-order valence-electron chi connectivity index (χ0n) is 8.02. The van der Waals surface area contributed by atoms with Gasteiger partial charge >= 0.3 is 0 Å². The van der Waals surface area contributed by atoms with Gasteiger partial charge in [0.1, 0.15) is 4.88 Å². The molecule has 1 aliphatic rings. The minimum atomic E-state index is 0.117. The van der Waals surface area contributed by atoms with Crippen molar-refractivity contribution in [1.29, 1.82) is 0 Å². The third kappa shape index (κ3) is 2.00. The van der Waals surface area contributed by atoms with E-state index in [1.165, 1.54) is 11.3 Å². The molecule has 1 N–H and O–H groups in total. The second-order valence-electron chi connectivity index (χ2n) is 3.44. The minimum Gasteiger partial charge on any atom is -0.394 e. The highest BCUT2D eigenvalue weighted by atomic mass is 35.5. The summed E-state index contributed by atoms with van der Waals surface area (Å²) in [7, 11) is 0. The van der Waals surface area contributed by atoms with E-state index in [-0.39, 0.29) is 17.8 Å². The Kier molecular flexibility index (Phi) is 3.23. The fourth-order valence-corrected chi connectivity index (χ4v) is 2.93. The predicted octanol–water partition coefficient (Wildman–Crippen LogP) is 1.57. The van der Waals surface area contributed by atoms with Crippen molar-refractivity contribution in [1.82, 2.24) is 4.98 Å². The van der Waals surface area contributed by atoms with Crippen LogP contribution in [0.4, 0.5) is 5.13 Å². The maximum absolute atomic E-state index is 10.6. The van der Waals surface area contributed by atoms with Gasteiger partial charge in [0, 0.05) is 6.54 Å². The SMILES string of the molecule is O=Cc1sc(N2CCC[C@@H]2CO)nc1Cl. The number of carbonyl (C=O) groups excluding carboxylic acids is 1. The Hall–Kier alpha value is -0.650. The Morgan fingerprint density at radius 1 is 1.73 bits per heavy atom. The lowest BCUT2D eigenvalue weighted by atomic mass is 10.2. The Balaban J connectivity index is 2.24. The molecule has 1 saturated heterocycles. The molecule has 1 fully saturated rings. The number of halogens is 1. The predicted molar refractivity (Wildman–Crippen MR) is 60.0 cm³/mol. The van der Waals surface area contributed by atoms with Crippen LogP contribution < -0.4 is 4.90 Å². The number of anilines is 1. The molecule has 0 spiro atoms. The van der Waals surface area contributed by atoms with E-state index >= 15 is 0 Å². The highest BCUT2D eigenvalue weighted by Crippen LogP contribution is 2.32. The summed E-state index contributed by atoms with van der Waals surface area (Å²) in [6, 6.07) is 0.117. The number of aldehydes is 1. The number of rotatable bonds is 3. The van der Waals surface area contributed by atoms with Gasteiger partial charge in [0.05, 0.1) is 12.6 Å². The van der Waals surface area contributed by atoms with Gasteiger partial charge in [-0.2, -0.15) is 0 Å². The van der Waals surface area contributed by atoms with Gasteiger partial charge in [0.15, 0.2) is 16.6 Å². The average molecular weight is 247 g/mol. The molecular formula is C9H11ClN2O2S. The normalized spacial score (nSPS) is 20.9. The summed E-state index contributed by atoms with van der Waals surface area (Å²) in [6.07, 6.45) is 2.72. The fraction of sp³-hybridized carbons (Fsp3) is 0.556. The maximum atomic E-state index is 10.6. The minimum absolute atomic E-state index is 0.117. The van der Waals surface area contributed by atoms with Gasteiger partial charge in [0.25, 0.3) is 0 Å². The van der Waals surface area contributed by atoms with Crippen LogP contribution in [0.3, 0.4) is 0 Å². The molecule has 0 radical (unpaired) electrons. The molecule has 6 heteroatoms. The van der Waals surface area contributed by atoms with Crippen LogP contribution in [-0.2, 0) is 0 Å². The fourth-order valence-electron chi connectivity index (χ4n) is 1.78. The van der Waals surface area contributed by atoms with Crippen molar-refractivity contribution >= 4 is 34.4 Å². The van der Waals surface area contributed by atoms with Crippen molar-refractivity contribution in [2.45, 2.75) is 18.9 Å². The first-order chi connectivity index (χ1) is 7.26. The Bertz CT molecular complexity index is 369. The molecule has 0 aromatic carbocycles. The van der Waals surface area contributed by atoms with E-state index in [4.69, 9.17) is 16.7 Å².